The summed E-state index contributed by atoms with van der Waals surface area (Å²) >= 11 is 0. The molecule has 0 heterocycles. The fourth-order valence-corrected chi connectivity index (χ4v) is 8.96. The smallest absolute Gasteiger partial charge is 0.0159 e. The Bertz CT molecular complexity index is 2840. The van der Waals surface area contributed by atoms with Crippen molar-refractivity contribution in [2.45, 2.75) is 19.3 Å². The van der Waals surface area contributed by atoms with Crippen LogP contribution in [0.3, 0.4) is 0 Å². The minimum Gasteiger partial charge on any atom is -0.0622 e. The Balaban J connectivity index is 1.29. The van der Waals surface area contributed by atoms with Crippen molar-refractivity contribution in [3.63, 3.8) is 0 Å². The van der Waals surface area contributed by atoms with Gasteiger partial charge in [-0.05, 0) is 112 Å². The second-order valence-electron chi connectivity index (χ2n) is 14.8. The molecule has 10 rings (SSSR count). The van der Waals surface area contributed by atoms with Gasteiger partial charge in [0, 0.05) is 5.41 Å². The lowest BCUT2D eigenvalue weighted by atomic mass is 9.80. The average Bonchev–Trinajstić information content (AvgIpc) is 3.45. The summed E-state index contributed by atoms with van der Waals surface area (Å²) in [4.78, 5) is 0. The van der Waals surface area contributed by atoms with Crippen molar-refractivity contribution in [2.75, 3.05) is 0 Å². The van der Waals surface area contributed by atoms with Crippen LogP contribution in [0.25, 0.3) is 88.3 Å². The average molecular weight is 675 g/mol. The molecule has 0 spiro atoms. The zero-order chi connectivity index (χ0) is 35.5. The summed E-state index contributed by atoms with van der Waals surface area (Å²) in [6, 6.07) is 71.7. The SMILES string of the molecule is CC1(C)c2ccccc2-c2ccc(-c3ccc4c(-c5ccccc5-c5ccccc5)c5ccccc5c(-c5ccccc5-c5ccccc5)c4c3)cc21. The van der Waals surface area contributed by atoms with Crippen LogP contribution in [-0.2, 0) is 5.41 Å². The molecule has 0 amide bonds. The summed E-state index contributed by atoms with van der Waals surface area (Å²) in [5, 5.41) is 5.02. The largest absolute Gasteiger partial charge is 0.0622 e. The molecule has 1 aliphatic carbocycles. The van der Waals surface area contributed by atoms with E-state index < -0.39 is 0 Å². The minimum atomic E-state index is -0.0664. The van der Waals surface area contributed by atoms with Crippen LogP contribution >= 0.6 is 0 Å². The Morgan fingerprint density at radius 2 is 0.679 bits per heavy atom. The molecule has 9 aromatic rings. The van der Waals surface area contributed by atoms with Crippen molar-refractivity contribution in [2.24, 2.45) is 0 Å². The number of fused-ring (bicyclic) bond motifs is 5. The first-order valence-corrected chi connectivity index (χ1v) is 18.6. The molecule has 250 valence electrons. The number of hydrogen-bond acceptors (Lipinski definition) is 0. The number of benzene rings is 9. The van der Waals surface area contributed by atoms with E-state index in [9.17, 15) is 0 Å². The molecular weight excluding hydrogens is 637 g/mol. The number of hydrogen-bond donors (Lipinski definition) is 0. The first-order valence-electron chi connectivity index (χ1n) is 18.6. The highest BCUT2D eigenvalue weighted by atomic mass is 14.4. The van der Waals surface area contributed by atoms with Gasteiger partial charge in [0.25, 0.3) is 0 Å². The van der Waals surface area contributed by atoms with E-state index in [1.165, 1.54) is 99.4 Å². The standard InChI is InChI=1S/C53H38/c1-53(2)49-28-16-15-23-41(49)42-31-29-38(34-50(42)53)37-30-32-47-48(33-37)52(44-25-12-10-22-40(44)36-19-7-4-8-20-36)46-27-14-13-26-45(46)51(47)43-24-11-9-21-39(43)35-17-5-3-6-18-35/h3-34H,1-2H3. The monoisotopic (exact) mass is 674 g/mol. The van der Waals surface area contributed by atoms with Gasteiger partial charge in [-0.1, -0.05) is 196 Å². The third kappa shape index (κ3) is 4.98. The zero-order valence-corrected chi connectivity index (χ0v) is 30.0. The van der Waals surface area contributed by atoms with Gasteiger partial charge in [0.05, 0.1) is 0 Å². The Morgan fingerprint density at radius 1 is 0.264 bits per heavy atom. The Morgan fingerprint density at radius 3 is 1.28 bits per heavy atom. The van der Waals surface area contributed by atoms with Crippen molar-refractivity contribution < 1.29 is 0 Å². The molecule has 0 aromatic heterocycles. The third-order valence-electron chi connectivity index (χ3n) is 11.5. The van der Waals surface area contributed by atoms with Gasteiger partial charge in [-0.3, -0.25) is 0 Å². The molecule has 0 nitrogen and oxygen atoms in total. The molecule has 0 radical (unpaired) electrons. The van der Waals surface area contributed by atoms with E-state index in [1.54, 1.807) is 0 Å². The second kappa shape index (κ2) is 12.3. The van der Waals surface area contributed by atoms with Gasteiger partial charge in [0.15, 0.2) is 0 Å². The maximum atomic E-state index is 2.46. The van der Waals surface area contributed by atoms with Crippen molar-refractivity contribution in [3.8, 4) is 66.8 Å². The quantitative estimate of drug-likeness (QED) is 0.159. The predicted octanol–water partition coefficient (Wildman–Crippen LogP) is 14.6. The lowest BCUT2D eigenvalue weighted by Gasteiger charge is -2.23. The highest BCUT2D eigenvalue weighted by Crippen LogP contribution is 2.51. The van der Waals surface area contributed by atoms with E-state index in [1.807, 2.05) is 0 Å². The highest BCUT2D eigenvalue weighted by Gasteiger charge is 2.35. The molecule has 9 aromatic carbocycles. The van der Waals surface area contributed by atoms with Crippen LogP contribution in [0.5, 0.6) is 0 Å². The molecule has 0 bridgehead atoms. The topological polar surface area (TPSA) is 0 Å². The van der Waals surface area contributed by atoms with E-state index in [2.05, 4.69) is 208 Å². The van der Waals surface area contributed by atoms with Crippen molar-refractivity contribution >= 4 is 21.5 Å². The molecule has 0 aliphatic heterocycles. The van der Waals surface area contributed by atoms with E-state index in [0.29, 0.717) is 0 Å². The minimum absolute atomic E-state index is 0.0664. The van der Waals surface area contributed by atoms with Crippen LogP contribution in [0, 0.1) is 0 Å². The van der Waals surface area contributed by atoms with Crippen LogP contribution in [0.15, 0.2) is 194 Å². The Labute approximate surface area is 311 Å². The molecule has 0 saturated heterocycles. The van der Waals surface area contributed by atoms with Gasteiger partial charge >= 0.3 is 0 Å². The van der Waals surface area contributed by atoms with Crippen LogP contribution in [0.1, 0.15) is 25.0 Å². The van der Waals surface area contributed by atoms with E-state index in [-0.39, 0.29) is 5.41 Å². The van der Waals surface area contributed by atoms with Gasteiger partial charge in [-0.15, -0.1) is 0 Å². The first kappa shape index (κ1) is 31.3. The lowest BCUT2D eigenvalue weighted by molar-refractivity contribution is 0.660. The van der Waals surface area contributed by atoms with Gasteiger partial charge in [0.2, 0.25) is 0 Å². The fourth-order valence-electron chi connectivity index (χ4n) is 8.96. The molecule has 0 fully saturated rings. The highest BCUT2D eigenvalue weighted by molar-refractivity contribution is 6.24. The summed E-state index contributed by atoms with van der Waals surface area (Å²) in [5.41, 5.74) is 17.8. The second-order valence-corrected chi connectivity index (χ2v) is 14.8. The van der Waals surface area contributed by atoms with Gasteiger partial charge in [0.1, 0.15) is 0 Å². The van der Waals surface area contributed by atoms with Crippen LogP contribution in [0.2, 0.25) is 0 Å². The van der Waals surface area contributed by atoms with Gasteiger partial charge in [-0.25, -0.2) is 0 Å². The molecule has 53 heavy (non-hydrogen) atoms. The van der Waals surface area contributed by atoms with Crippen molar-refractivity contribution in [1.82, 2.24) is 0 Å². The van der Waals surface area contributed by atoms with Gasteiger partial charge in [-0.2, -0.15) is 0 Å². The molecule has 0 saturated carbocycles. The van der Waals surface area contributed by atoms with E-state index in [0.717, 1.165) is 0 Å². The molecule has 0 unspecified atom stereocenters. The van der Waals surface area contributed by atoms with Crippen LogP contribution < -0.4 is 0 Å². The normalized spacial score (nSPS) is 12.9. The summed E-state index contributed by atoms with van der Waals surface area (Å²) in [6.45, 7) is 4.73. The van der Waals surface area contributed by atoms with Crippen molar-refractivity contribution in [1.29, 1.82) is 0 Å². The third-order valence-corrected chi connectivity index (χ3v) is 11.5. The Hall–Kier alpha value is -6.50. The molecule has 0 N–H and O–H groups in total. The first-order chi connectivity index (χ1) is 26.1. The Kier molecular flexibility index (Phi) is 7.27. The number of rotatable bonds is 5. The summed E-state index contributed by atoms with van der Waals surface area (Å²) in [7, 11) is 0. The maximum Gasteiger partial charge on any atom is 0.0159 e. The molecular formula is C53H38. The predicted molar refractivity (Wildman–Crippen MR) is 226 cm³/mol. The zero-order valence-electron chi connectivity index (χ0n) is 30.0. The lowest BCUT2D eigenvalue weighted by Crippen LogP contribution is -2.14. The molecule has 0 heteroatoms. The van der Waals surface area contributed by atoms with Gasteiger partial charge < -0.3 is 0 Å². The summed E-state index contributed by atoms with van der Waals surface area (Å²) < 4.78 is 0. The van der Waals surface area contributed by atoms with E-state index in [4.69, 9.17) is 0 Å². The molecule has 0 atom stereocenters. The van der Waals surface area contributed by atoms with Crippen LogP contribution in [0.4, 0.5) is 0 Å². The van der Waals surface area contributed by atoms with Crippen LogP contribution in [-0.4, -0.2) is 0 Å². The molecule has 1 aliphatic rings. The van der Waals surface area contributed by atoms with E-state index >= 15 is 0 Å². The summed E-state index contributed by atoms with van der Waals surface area (Å²) in [5.74, 6) is 0. The van der Waals surface area contributed by atoms with Crippen molar-refractivity contribution in [3.05, 3.63) is 205 Å². The summed E-state index contributed by atoms with van der Waals surface area (Å²) in [6.07, 6.45) is 0. The fraction of sp³-hybridized carbons (Fsp3) is 0.0566. The maximum absolute atomic E-state index is 2.46.